The Labute approximate surface area is 140 Å². The molecule has 5 heteroatoms. The molecule has 3 rings (SSSR count). The Morgan fingerprint density at radius 1 is 1.37 bits per heavy atom. The summed E-state index contributed by atoms with van der Waals surface area (Å²) in [6.45, 7) is 5.41. The Bertz CT molecular complexity index is 610. The maximum absolute atomic E-state index is 4.54. The predicted octanol–water partition coefficient (Wildman–Crippen LogP) is 3.24. The van der Waals surface area contributed by atoms with Crippen LogP contribution in [0, 0.1) is 7.14 Å². The molecule has 2 heterocycles. The maximum Gasteiger partial charge on any atom is 0.0724 e. The number of anilines is 1. The van der Waals surface area contributed by atoms with Gasteiger partial charge in [-0.15, -0.1) is 0 Å². The number of pyridine rings is 1. The summed E-state index contributed by atoms with van der Waals surface area (Å²) in [5.41, 5.74) is 2.43. The van der Waals surface area contributed by atoms with Crippen molar-refractivity contribution in [2.24, 2.45) is 0 Å². The van der Waals surface area contributed by atoms with Crippen LogP contribution in [-0.4, -0.2) is 30.7 Å². The second kappa shape index (κ2) is 5.69. The molecule has 0 spiro atoms. The van der Waals surface area contributed by atoms with E-state index in [0.717, 1.165) is 25.2 Å². The second-order valence-corrected chi connectivity index (χ2v) is 7.33. The molecule has 1 aromatic heterocycles. The highest BCUT2D eigenvalue weighted by molar-refractivity contribution is 14.1. The van der Waals surface area contributed by atoms with Crippen LogP contribution >= 0.6 is 45.2 Å². The van der Waals surface area contributed by atoms with E-state index in [2.05, 4.69) is 85.5 Å². The Hall–Kier alpha value is -0.150. The average Bonchev–Trinajstić information content (AvgIpc) is 2.38. The molecule has 0 saturated carbocycles. The fourth-order valence-corrected chi connectivity index (χ4v) is 3.85. The highest BCUT2D eigenvalue weighted by Crippen LogP contribution is 2.32. The van der Waals surface area contributed by atoms with Crippen molar-refractivity contribution in [1.29, 1.82) is 0 Å². The first kappa shape index (κ1) is 13.8. The van der Waals surface area contributed by atoms with Crippen LogP contribution < -0.4 is 10.2 Å². The number of nitrogens with one attached hydrogen (secondary N) is 1. The van der Waals surface area contributed by atoms with Gasteiger partial charge in [-0.05, 0) is 70.3 Å². The first-order chi connectivity index (χ1) is 9.15. The fraction of sp³-hybridized carbons (Fsp3) is 0.357. The molecule has 0 aliphatic carbocycles. The van der Waals surface area contributed by atoms with Crippen LogP contribution in [-0.2, 0) is 0 Å². The van der Waals surface area contributed by atoms with Gasteiger partial charge in [0.25, 0.3) is 0 Å². The van der Waals surface area contributed by atoms with E-state index in [4.69, 9.17) is 0 Å². The van der Waals surface area contributed by atoms with Crippen LogP contribution in [0.4, 0.5) is 5.69 Å². The van der Waals surface area contributed by atoms with Gasteiger partial charge in [0.2, 0.25) is 0 Å². The number of nitrogens with zero attached hydrogens (tertiary/aromatic N) is 2. The number of piperazine rings is 1. The van der Waals surface area contributed by atoms with E-state index < -0.39 is 0 Å². The molecule has 1 saturated heterocycles. The van der Waals surface area contributed by atoms with E-state index in [0.29, 0.717) is 6.04 Å². The van der Waals surface area contributed by atoms with Crippen molar-refractivity contribution in [2.75, 3.05) is 24.5 Å². The van der Waals surface area contributed by atoms with Crippen LogP contribution in [0.5, 0.6) is 0 Å². The Morgan fingerprint density at radius 3 is 3.00 bits per heavy atom. The van der Waals surface area contributed by atoms with E-state index in [9.17, 15) is 0 Å². The molecule has 0 radical (unpaired) electrons. The molecule has 1 atom stereocenters. The van der Waals surface area contributed by atoms with E-state index in [-0.39, 0.29) is 0 Å². The lowest BCUT2D eigenvalue weighted by Crippen LogP contribution is -2.49. The lowest BCUT2D eigenvalue weighted by Gasteiger charge is -2.34. The average molecular weight is 479 g/mol. The third-order valence-corrected chi connectivity index (χ3v) is 4.90. The zero-order valence-electron chi connectivity index (χ0n) is 10.7. The van der Waals surface area contributed by atoms with Crippen LogP contribution in [0.25, 0.3) is 10.9 Å². The van der Waals surface area contributed by atoms with Crippen LogP contribution in [0.15, 0.2) is 24.4 Å². The Balaban J connectivity index is 2.15. The summed E-state index contributed by atoms with van der Waals surface area (Å²) in [6.07, 6.45) is 1.98. The smallest absolute Gasteiger partial charge is 0.0724 e. The first-order valence-corrected chi connectivity index (χ1v) is 8.53. The molecule has 100 valence electrons. The third-order valence-electron chi connectivity index (χ3n) is 3.44. The monoisotopic (exact) mass is 479 g/mol. The standard InChI is InChI=1S/C14H15I2N3/c1-9-8-19(5-4-17-9)14-11-6-10(15)2-3-13(11)18-7-12(14)16/h2-3,6-7,9,17H,4-5,8H2,1H3/t9-/m1/s1. The lowest BCUT2D eigenvalue weighted by atomic mass is 10.1. The van der Waals surface area contributed by atoms with E-state index in [1.54, 1.807) is 0 Å². The number of benzene rings is 1. The number of rotatable bonds is 1. The van der Waals surface area contributed by atoms with Crippen molar-refractivity contribution in [3.8, 4) is 0 Å². The topological polar surface area (TPSA) is 28.2 Å². The number of aromatic nitrogens is 1. The summed E-state index contributed by atoms with van der Waals surface area (Å²) in [7, 11) is 0. The van der Waals surface area contributed by atoms with Crippen LogP contribution in [0.3, 0.4) is 0 Å². The van der Waals surface area contributed by atoms with Gasteiger partial charge >= 0.3 is 0 Å². The van der Waals surface area contributed by atoms with Gasteiger partial charge in [0.05, 0.1) is 14.8 Å². The van der Waals surface area contributed by atoms with Crippen molar-refractivity contribution in [1.82, 2.24) is 10.3 Å². The zero-order valence-corrected chi connectivity index (χ0v) is 15.0. The van der Waals surface area contributed by atoms with Gasteiger partial charge in [0.1, 0.15) is 0 Å². The Kier molecular flexibility index (Phi) is 4.14. The number of fused-ring (bicyclic) bond motifs is 1. The summed E-state index contributed by atoms with van der Waals surface area (Å²) in [4.78, 5) is 7.03. The first-order valence-electron chi connectivity index (χ1n) is 6.37. The highest BCUT2D eigenvalue weighted by atomic mass is 127. The minimum atomic E-state index is 0.538. The minimum Gasteiger partial charge on any atom is -0.367 e. The Morgan fingerprint density at radius 2 is 2.21 bits per heavy atom. The second-order valence-electron chi connectivity index (χ2n) is 4.92. The van der Waals surface area contributed by atoms with Crippen molar-refractivity contribution in [3.05, 3.63) is 31.5 Å². The number of hydrogen-bond donors (Lipinski definition) is 1. The third kappa shape index (κ3) is 2.82. The molecule has 1 aliphatic rings. The molecular formula is C14H15I2N3. The largest absolute Gasteiger partial charge is 0.367 e. The molecule has 0 unspecified atom stereocenters. The molecule has 1 aromatic carbocycles. The number of halogens is 2. The fourth-order valence-electron chi connectivity index (χ4n) is 2.58. The molecule has 1 N–H and O–H groups in total. The van der Waals surface area contributed by atoms with E-state index >= 15 is 0 Å². The highest BCUT2D eigenvalue weighted by Gasteiger charge is 2.20. The van der Waals surface area contributed by atoms with Crippen molar-refractivity contribution in [2.45, 2.75) is 13.0 Å². The summed E-state index contributed by atoms with van der Waals surface area (Å²) >= 11 is 4.77. The molecule has 2 aromatic rings. The van der Waals surface area contributed by atoms with Gasteiger partial charge in [-0.3, -0.25) is 4.98 Å². The van der Waals surface area contributed by atoms with Gasteiger partial charge in [0, 0.05) is 40.8 Å². The molecule has 0 amide bonds. The summed E-state index contributed by atoms with van der Waals surface area (Å²) in [5.74, 6) is 0. The summed E-state index contributed by atoms with van der Waals surface area (Å²) in [5, 5.41) is 4.77. The van der Waals surface area contributed by atoms with Gasteiger partial charge in [0.15, 0.2) is 0 Å². The molecule has 0 bridgehead atoms. The van der Waals surface area contributed by atoms with E-state index in [1.165, 1.54) is 18.2 Å². The predicted molar refractivity (Wildman–Crippen MR) is 96.9 cm³/mol. The maximum atomic E-state index is 4.54. The van der Waals surface area contributed by atoms with Crippen LogP contribution in [0.1, 0.15) is 6.92 Å². The van der Waals surface area contributed by atoms with Crippen molar-refractivity contribution < 1.29 is 0 Å². The molecule has 1 fully saturated rings. The quantitative estimate of drug-likeness (QED) is 0.638. The van der Waals surface area contributed by atoms with Gasteiger partial charge in [-0.2, -0.15) is 0 Å². The summed E-state index contributed by atoms with van der Waals surface area (Å²) in [6, 6.07) is 7.01. The van der Waals surface area contributed by atoms with Crippen molar-refractivity contribution >= 4 is 61.8 Å². The zero-order chi connectivity index (χ0) is 13.4. The normalized spacial score (nSPS) is 19.9. The SMILES string of the molecule is C[C@@H]1CN(c2c(I)cnc3ccc(I)cc23)CCN1. The summed E-state index contributed by atoms with van der Waals surface area (Å²) < 4.78 is 2.50. The minimum absolute atomic E-state index is 0.538. The molecule has 1 aliphatic heterocycles. The van der Waals surface area contributed by atoms with Gasteiger partial charge in [-0.1, -0.05) is 0 Å². The van der Waals surface area contributed by atoms with Crippen LogP contribution in [0.2, 0.25) is 0 Å². The van der Waals surface area contributed by atoms with Gasteiger partial charge < -0.3 is 10.2 Å². The van der Waals surface area contributed by atoms with E-state index in [1.807, 2.05) is 6.20 Å². The lowest BCUT2D eigenvalue weighted by molar-refractivity contribution is 0.485. The molecule has 3 nitrogen and oxygen atoms in total. The van der Waals surface area contributed by atoms with Gasteiger partial charge in [-0.25, -0.2) is 0 Å². The van der Waals surface area contributed by atoms with Crippen molar-refractivity contribution in [3.63, 3.8) is 0 Å². The number of hydrogen-bond acceptors (Lipinski definition) is 3. The molecular weight excluding hydrogens is 464 g/mol. The molecule has 19 heavy (non-hydrogen) atoms.